The second kappa shape index (κ2) is 5.72. The number of hydrogen-bond donors (Lipinski definition) is 2. The lowest BCUT2D eigenvalue weighted by Crippen LogP contribution is -2.58. The lowest BCUT2D eigenvalue weighted by Gasteiger charge is -2.43. The molecule has 1 aliphatic rings. The summed E-state index contributed by atoms with van der Waals surface area (Å²) in [6, 6.07) is -0.377. The topological polar surface area (TPSA) is 75.4 Å². The number of rotatable bonds is 2. The van der Waals surface area contributed by atoms with Crippen LogP contribution in [0.3, 0.4) is 0 Å². The maximum Gasteiger partial charge on any atom is 0.244 e. The highest BCUT2D eigenvalue weighted by Gasteiger charge is 2.37. The molecule has 1 heterocycles. The quantitative estimate of drug-likeness (QED) is 0.797. The highest BCUT2D eigenvalue weighted by molar-refractivity contribution is 5.89. The molecule has 0 aliphatic carbocycles. The summed E-state index contributed by atoms with van der Waals surface area (Å²) >= 11 is 0. The van der Waals surface area contributed by atoms with Crippen molar-refractivity contribution in [3.63, 3.8) is 0 Å². The van der Waals surface area contributed by atoms with Crippen molar-refractivity contribution in [3.8, 4) is 0 Å². The van der Waals surface area contributed by atoms with Gasteiger partial charge in [0.25, 0.3) is 0 Å². The Labute approximate surface area is 122 Å². The maximum absolute atomic E-state index is 12.4. The van der Waals surface area contributed by atoms with Gasteiger partial charge >= 0.3 is 0 Å². The normalized spacial score (nSPS) is 24.1. The van der Waals surface area contributed by atoms with Crippen LogP contribution in [0.4, 0.5) is 0 Å². The molecule has 20 heavy (non-hydrogen) atoms. The summed E-state index contributed by atoms with van der Waals surface area (Å²) in [5.41, 5.74) is 5.51. The van der Waals surface area contributed by atoms with E-state index in [0.717, 1.165) is 6.42 Å². The van der Waals surface area contributed by atoms with Crippen LogP contribution in [0.2, 0.25) is 0 Å². The molecule has 1 aliphatic heterocycles. The first kappa shape index (κ1) is 17.0. The number of amides is 2. The summed E-state index contributed by atoms with van der Waals surface area (Å²) in [7, 11) is 0. The number of nitrogens with one attached hydrogen (secondary N) is 1. The van der Waals surface area contributed by atoms with Gasteiger partial charge in [0, 0.05) is 24.5 Å². The van der Waals surface area contributed by atoms with Crippen LogP contribution in [0.25, 0.3) is 0 Å². The molecular weight excluding hydrogens is 254 g/mol. The first-order chi connectivity index (χ1) is 8.95. The van der Waals surface area contributed by atoms with Crippen LogP contribution in [-0.4, -0.2) is 41.9 Å². The molecule has 1 rings (SSSR count). The largest absolute Gasteiger partial charge is 0.344 e. The molecule has 1 saturated heterocycles. The van der Waals surface area contributed by atoms with Crippen molar-refractivity contribution in [2.75, 3.05) is 13.1 Å². The van der Waals surface area contributed by atoms with Gasteiger partial charge in [-0.1, -0.05) is 34.6 Å². The van der Waals surface area contributed by atoms with Crippen molar-refractivity contribution in [3.05, 3.63) is 0 Å². The number of piperidine rings is 1. The molecule has 0 bridgehead atoms. The minimum atomic E-state index is -0.494. The molecule has 0 saturated carbocycles. The van der Waals surface area contributed by atoms with Crippen molar-refractivity contribution in [2.24, 2.45) is 16.6 Å². The van der Waals surface area contributed by atoms with E-state index in [4.69, 9.17) is 5.73 Å². The third kappa shape index (κ3) is 3.95. The Morgan fingerprint density at radius 3 is 2.35 bits per heavy atom. The predicted molar refractivity (Wildman–Crippen MR) is 80.0 cm³/mol. The average molecular weight is 283 g/mol. The van der Waals surface area contributed by atoms with Gasteiger partial charge in [0.05, 0.1) is 0 Å². The zero-order valence-electron chi connectivity index (χ0n) is 13.6. The van der Waals surface area contributed by atoms with Gasteiger partial charge < -0.3 is 16.0 Å². The van der Waals surface area contributed by atoms with E-state index in [2.05, 4.69) is 19.2 Å². The highest BCUT2D eigenvalue weighted by Crippen LogP contribution is 2.28. The van der Waals surface area contributed by atoms with Crippen molar-refractivity contribution in [1.29, 1.82) is 0 Å². The molecule has 0 spiro atoms. The molecule has 2 amide bonds. The third-order valence-corrected chi connectivity index (χ3v) is 4.02. The van der Waals surface area contributed by atoms with Crippen LogP contribution in [0.15, 0.2) is 0 Å². The van der Waals surface area contributed by atoms with E-state index in [1.54, 1.807) is 6.92 Å². The van der Waals surface area contributed by atoms with E-state index < -0.39 is 11.5 Å². The number of nitrogens with zero attached hydrogens (tertiary/aromatic N) is 1. The summed E-state index contributed by atoms with van der Waals surface area (Å²) in [6.45, 7) is 12.7. The monoisotopic (exact) mass is 283 g/mol. The zero-order valence-corrected chi connectivity index (χ0v) is 13.6. The second-order valence-electron chi connectivity index (χ2n) is 7.59. The first-order valence-corrected chi connectivity index (χ1v) is 7.30. The van der Waals surface area contributed by atoms with Gasteiger partial charge in [0.15, 0.2) is 0 Å². The fraction of sp³-hybridized carbons (Fsp3) is 0.867. The summed E-state index contributed by atoms with van der Waals surface area (Å²) in [5.74, 6) is -0.131. The van der Waals surface area contributed by atoms with E-state index in [9.17, 15) is 9.59 Å². The molecule has 5 heteroatoms. The molecule has 3 N–H and O–H groups in total. The van der Waals surface area contributed by atoms with Gasteiger partial charge in [-0.05, 0) is 18.8 Å². The van der Waals surface area contributed by atoms with E-state index in [0.29, 0.717) is 13.1 Å². The molecule has 1 fully saturated rings. The van der Waals surface area contributed by atoms with E-state index in [-0.39, 0.29) is 23.3 Å². The number of hydrogen-bond acceptors (Lipinski definition) is 3. The molecule has 0 aromatic carbocycles. The molecule has 0 radical (unpaired) electrons. The summed E-state index contributed by atoms with van der Waals surface area (Å²) < 4.78 is 0. The number of carbonyl (C=O) groups is 2. The van der Waals surface area contributed by atoms with E-state index >= 15 is 0 Å². The maximum atomic E-state index is 12.4. The molecule has 2 unspecified atom stereocenters. The van der Waals surface area contributed by atoms with Gasteiger partial charge in [0.1, 0.15) is 6.04 Å². The van der Waals surface area contributed by atoms with Gasteiger partial charge in [-0.15, -0.1) is 0 Å². The number of carbonyl (C=O) groups excluding carboxylic acids is 2. The lowest BCUT2D eigenvalue weighted by atomic mass is 9.79. The van der Waals surface area contributed by atoms with Crippen molar-refractivity contribution < 1.29 is 9.59 Å². The van der Waals surface area contributed by atoms with Crippen LogP contribution in [0.1, 0.15) is 48.0 Å². The molecule has 5 nitrogen and oxygen atoms in total. The molecular formula is C15H29N3O2. The van der Waals surface area contributed by atoms with Gasteiger partial charge in [-0.25, -0.2) is 0 Å². The Bertz CT molecular complexity index is 385. The smallest absolute Gasteiger partial charge is 0.244 e. The molecule has 2 atom stereocenters. The van der Waals surface area contributed by atoms with Crippen LogP contribution < -0.4 is 11.1 Å². The Morgan fingerprint density at radius 1 is 1.35 bits per heavy atom. The van der Waals surface area contributed by atoms with Crippen molar-refractivity contribution >= 4 is 11.8 Å². The fourth-order valence-corrected chi connectivity index (χ4v) is 2.31. The van der Waals surface area contributed by atoms with E-state index in [1.807, 2.05) is 25.7 Å². The second-order valence-corrected chi connectivity index (χ2v) is 7.59. The summed E-state index contributed by atoms with van der Waals surface area (Å²) in [6.07, 6.45) is 0.804. The minimum Gasteiger partial charge on any atom is -0.344 e. The standard InChI is InChI=1S/C15H29N3O2/c1-10(17-13(20)14(2,3)4)12(19)18-8-7-11(16)15(5,6)9-18/h10-11H,7-9,16H2,1-6H3,(H,17,20). The average Bonchev–Trinajstić information content (AvgIpc) is 2.30. The van der Waals surface area contributed by atoms with Crippen LogP contribution in [0.5, 0.6) is 0 Å². The third-order valence-electron chi connectivity index (χ3n) is 4.02. The van der Waals surface area contributed by atoms with Gasteiger partial charge in [-0.2, -0.15) is 0 Å². The van der Waals surface area contributed by atoms with Gasteiger partial charge in [-0.3, -0.25) is 9.59 Å². The number of nitrogens with two attached hydrogens (primary N) is 1. The summed E-state index contributed by atoms with van der Waals surface area (Å²) in [4.78, 5) is 26.2. The van der Waals surface area contributed by atoms with Crippen molar-refractivity contribution in [1.82, 2.24) is 10.2 Å². The van der Waals surface area contributed by atoms with E-state index in [1.165, 1.54) is 0 Å². The minimum absolute atomic E-state index is 0.0254. The molecule has 116 valence electrons. The van der Waals surface area contributed by atoms with Gasteiger partial charge in [0.2, 0.25) is 11.8 Å². The highest BCUT2D eigenvalue weighted by atomic mass is 16.2. The van der Waals surface area contributed by atoms with Crippen molar-refractivity contribution in [2.45, 2.75) is 60.0 Å². The fourth-order valence-electron chi connectivity index (χ4n) is 2.31. The molecule has 0 aromatic heterocycles. The Hall–Kier alpha value is -1.10. The Kier molecular flexibility index (Phi) is 4.85. The predicted octanol–water partition coefficient (Wildman–Crippen LogP) is 1.12. The number of likely N-dealkylation sites (tertiary alicyclic amines) is 1. The first-order valence-electron chi connectivity index (χ1n) is 7.30. The molecule has 0 aromatic rings. The summed E-state index contributed by atoms with van der Waals surface area (Å²) in [5, 5.41) is 2.79. The van der Waals surface area contributed by atoms with Crippen LogP contribution >= 0.6 is 0 Å². The Balaban J connectivity index is 2.64. The van der Waals surface area contributed by atoms with Crippen LogP contribution in [-0.2, 0) is 9.59 Å². The zero-order chi connectivity index (χ0) is 15.7. The lowest BCUT2D eigenvalue weighted by molar-refractivity contribution is -0.140. The SMILES string of the molecule is CC(NC(=O)C(C)(C)C)C(=O)N1CCC(N)C(C)(C)C1. The van der Waals surface area contributed by atoms with Crippen LogP contribution in [0, 0.1) is 10.8 Å². The Morgan fingerprint density at radius 2 is 1.90 bits per heavy atom.